The zero-order valence-corrected chi connectivity index (χ0v) is 6.99. The second kappa shape index (κ2) is 3.15. The van der Waals surface area contributed by atoms with Crippen LogP contribution in [0.2, 0.25) is 0 Å². The molecule has 0 spiro atoms. The Hall–Kier alpha value is -1.02. The highest BCUT2D eigenvalue weighted by Crippen LogP contribution is 2.22. The zero-order valence-electron chi connectivity index (χ0n) is 6.99. The molecule has 2 nitrogen and oxygen atoms in total. The van der Waals surface area contributed by atoms with Gasteiger partial charge in [0.05, 0.1) is 0 Å². The molecule has 0 amide bonds. The van der Waals surface area contributed by atoms with Gasteiger partial charge in [-0.25, -0.2) is 0 Å². The normalized spacial score (nSPS) is 22.2. The molecule has 0 radical (unpaired) electrons. The summed E-state index contributed by atoms with van der Waals surface area (Å²) in [7, 11) is 0. The van der Waals surface area contributed by atoms with Crippen LogP contribution >= 0.6 is 0 Å². The molecule has 0 saturated heterocycles. The molecule has 2 N–H and O–H groups in total. The van der Waals surface area contributed by atoms with Crippen molar-refractivity contribution in [3.8, 4) is 5.75 Å². The van der Waals surface area contributed by atoms with Crippen molar-refractivity contribution >= 4 is 0 Å². The van der Waals surface area contributed by atoms with E-state index in [-0.39, 0.29) is 6.04 Å². The average molecular weight is 163 g/mol. The van der Waals surface area contributed by atoms with E-state index in [4.69, 9.17) is 10.5 Å². The van der Waals surface area contributed by atoms with Gasteiger partial charge in [0.25, 0.3) is 0 Å². The van der Waals surface area contributed by atoms with Crippen molar-refractivity contribution in [3.63, 3.8) is 0 Å². The van der Waals surface area contributed by atoms with Gasteiger partial charge in [-0.2, -0.15) is 0 Å². The van der Waals surface area contributed by atoms with Crippen LogP contribution in [0.4, 0.5) is 0 Å². The molecule has 2 heteroatoms. The molecule has 12 heavy (non-hydrogen) atoms. The van der Waals surface area contributed by atoms with Gasteiger partial charge in [-0.15, -0.1) is 0 Å². The fourth-order valence-electron chi connectivity index (χ4n) is 1.47. The van der Waals surface area contributed by atoms with Crippen LogP contribution in [0.25, 0.3) is 0 Å². The van der Waals surface area contributed by atoms with Crippen LogP contribution in [-0.2, 0) is 6.42 Å². The second-order valence-electron chi connectivity index (χ2n) is 3.22. The molecule has 1 aliphatic rings. The highest BCUT2D eigenvalue weighted by molar-refractivity contribution is 5.34. The van der Waals surface area contributed by atoms with Crippen molar-refractivity contribution in [2.24, 2.45) is 5.73 Å². The number of para-hydroxylation sites is 1. The third-order valence-electron chi connectivity index (χ3n) is 2.21. The van der Waals surface area contributed by atoms with E-state index in [9.17, 15) is 0 Å². The largest absolute Gasteiger partial charge is 0.492 e. The van der Waals surface area contributed by atoms with Crippen LogP contribution in [0.15, 0.2) is 24.3 Å². The summed E-state index contributed by atoms with van der Waals surface area (Å²) in [6.07, 6.45) is 2.06. The fraction of sp³-hybridized carbons (Fsp3) is 0.400. The van der Waals surface area contributed by atoms with Gasteiger partial charge in [0.15, 0.2) is 0 Å². The lowest BCUT2D eigenvalue weighted by Crippen LogP contribution is -2.26. The molecule has 2 rings (SSSR count). The summed E-state index contributed by atoms with van der Waals surface area (Å²) in [6.45, 7) is 0.650. The van der Waals surface area contributed by atoms with Crippen LogP contribution in [0.3, 0.4) is 0 Å². The number of ether oxygens (including phenoxy) is 1. The molecule has 0 aromatic heterocycles. The van der Waals surface area contributed by atoms with E-state index in [0.29, 0.717) is 6.61 Å². The Labute approximate surface area is 72.3 Å². The summed E-state index contributed by atoms with van der Waals surface area (Å²) in [6, 6.07) is 8.34. The number of rotatable bonds is 0. The summed E-state index contributed by atoms with van der Waals surface area (Å²) < 4.78 is 5.54. The lowest BCUT2D eigenvalue weighted by Gasteiger charge is -2.07. The Morgan fingerprint density at radius 2 is 2.17 bits per heavy atom. The van der Waals surface area contributed by atoms with Gasteiger partial charge in [-0.05, 0) is 24.5 Å². The third kappa shape index (κ3) is 1.43. The third-order valence-corrected chi connectivity index (χ3v) is 2.21. The van der Waals surface area contributed by atoms with Gasteiger partial charge in [-0.1, -0.05) is 18.2 Å². The van der Waals surface area contributed by atoms with Crippen LogP contribution in [0, 0.1) is 0 Å². The predicted octanol–water partition coefficient (Wildman–Crippen LogP) is 1.34. The van der Waals surface area contributed by atoms with Gasteiger partial charge in [-0.3, -0.25) is 0 Å². The number of hydrogen-bond donors (Lipinski definition) is 1. The van der Waals surface area contributed by atoms with Gasteiger partial charge in [0.1, 0.15) is 12.4 Å². The molecule has 0 unspecified atom stereocenters. The minimum absolute atomic E-state index is 0.192. The summed E-state index contributed by atoms with van der Waals surface area (Å²) in [4.78, 5) is 0. The van der Waals surface area contributed by atoms with Crippen molar-refractivity contribution in [2.75, 3.05) is 6.61 Å². The molecular weight excluding hydrogens is 150 g/mol. The minimum atomic E-state index is 0.192. The van der Waals surface area contributed by atoms with Gasteiger partial charge >= 0.3 is 0 Å². The Morgan fingerprint density at radius 3 is 3.08 bits per heavy atom. The first-order valence-electron chi connectivity index (χ1n) is 4.32. The summed E-state index contributed by atoms with van der Waals surface area (Å²) >= 11 is 0. The Bertz CT molecular complexity index is 245. The molecule has 1 atom stereocenters. The van der Waals surface area contributed by atoms with E-state index in [1.165, 1.54) is 5.56 Å². The van der Waals surface area contributed by atoms with Gasteiger partial charge in [0.2, 0.25) is 0 Å². The Morgan fingerprint density at radius 1 is 1.33 bits per heavy atom. The second-order valence-corrected chi connectivity index (χ2v) is 3.22. The maximum atomic E-state index is 5.79. The van der Waals surface area contributed by atoms with Crippen molar-refractivity contribution in [1.29, 1.82) is 0 Å². The first-order valence-corrected chi connectivity index (χ1v) is 4.32. The lowest BCUT2D eigenvalue weighted by molar-refractivity contribution is 0.293. The monoisotopic (exact) mass is 163 g/mol. The molecule has 1 heterocycles. The molecule has 1 aliphatic heterocycles. The summed E-state index contributed by atoms with van der Waals surface area (Å²) in [5, 5.41) is 0. The first-order chi connectivity index (χ1) is 5.86. The number of benzene rings is 1. The Kier molecular flexibility index (Phi) is 2.00. The fourth-order valence-corrected chi connectivity index (χ4v) is 1.47. The standard InChI is InChI=1S/C10H13NO/c11-9-6-5-8-3-1-2-4-10(8)12-7-9/h1-4,9H,5-7,11H2/t9-/m0/s1. The predicted molar refractivity (Wildman–Crippen MR) is 48.2 cm³/mol. The number of aryl methyl sites for hydroxylation is 1. The van der Waals surface area contributed by atoms with E-state index < -0.39 is 0 Å². The lowest BCUT2D eigenvalue weighted by atomic mass is 10.1. The SMILES string of the molecule is N[C@H]1CCc2ccccc2OC1. The Balaban J connectivity index is 2.26. The summed E-state index contributed by atoms with van der Waals surface area (Å²) in [5.41, 5.74) is 7.07. The number of fused-ring (bicyclic) bond motifs is 1. The van der Waals surface area contributed by atoms with E-state index >= 15 is 0 Å². The van der Waals surface area contributed by atoms with Crippen LogP contribution in [0.1, 0.15) is 12.0 Å². The smallest absolute Gasteiger partial charge is 0.122 e. The molecule has 1 aromatic rings. The quantitative estimate of drug-likeness (QED) is 0.626. The number of hydrogen-bond acceptors (Lipinski definition) is 2. The molecule has 64 valence electrons. The van der Waals surface area contributed by atoms with Crippen molar-refractivity contribution in [1.82, 2.24) is 0 Å². The van der Waals surface area contributed by atoms with E-state index in [2.05, 4.69) is 6.07 Å². The van der Waals surface area contributed by atoms with Crippen LogP contribution < -0.4 is 10.5 Å². The first kappa shape index (κ1) is 7.62. The maximum Gasteiger partial charge on any atom is 0.122 e. The highest BCUT2D eigenvalue weighted by atomic mass is 16.5. The van der Waals surface area contributed by atoms with Crippen molar-refractivity contribution in [3.05, 3.63) is 29.8 Å². The van der Waals surface area contributed by atoms with Crippen LogP contribution in [0.5, 0.6) is 5.75 Å². The molecule has 1 aromatic carbocycles. The van der Waals surface area contributed by atoms with Crippen LogP contribution in [-0.4, -0.2) is 12.6 Å². The molecule has 0 bridgehead atoms. The molecular formula is C10H13NO. The molecule has 0 aliphatic carbocycles. The zero-order chi connectivity index (χ0) is 8.39. The maximum absolute atomic E-state index is 5.79. The van der Waals surface area contributed by atoms with Crippen molar-refractivity contribution < 1.29 is 4.74 Å². The van der Waals surface area contributed by atoms with E-state index in [1.807, 2.05) is 18.2 Å². The van der Waals surface area contributed by atoms with Gasteiger partial charge in [0, 0.05) is 6.04 Å². The van der Waals surface area contributed by atoms with E-state index in [0.717, 1.165) is 18.6 Å². The highest BCUT2D eigenvalue weighted by Gasteiger charge is 2.12. The molecule has 0 saturated carbocycles. The average Bonchev–Trinajstić information content (AvgIpc) is 2.29. The van der Waals surface area contributed by atoms with Crippen molar-refractivity contribution in [2.45, 2.75) is 18.9 Å². The topological polar surface area (TPSA) is 35.2 Å². The molecule has 0 fully saturated rings. The minimum Gasteiger partial charge on any atom is -0.492 e. The van der Waals surface area contributed by atoms with Gasteiger partial charge < -0.3 is 10.5 Å². The number of nitrogens with two attached hydrogens (primary N) is 1. The summed E-state index contributed by atoms with van der Waals surface area (Å²) in [5.74, 6) is 1.01. The van der Waals surface area contributed by atoms with E-state index in [1.54, 1.807) is 0 Å².